The zero-order valence-corrected chi connectivity index (χ0v) is 18.5. The standard InChI is InChI=1S/C22H28N4O2S/c1-14(2)12-26(4)22(27)19-15(3)18-20(24-13-25-21(18)29-19)23-11-10-16-8-6-7-9-17(16)28-5/h6-9,13-14H,10-12H2,1-5H3,(H,23,24,25). The molecule has 0 bridgehead atoms. The number of fused-ring (bicyclic) bond motifs is 1. The van der Waals surface area contributed by atoms with Crippen LogP contribution in [0.15, 0.2) is 30.6 Å². The number of nitrogens with zero attached hydrogens (tertiary/aromatic N) is 3. The molecule has 0 fully saturated rings. The van der Waals surface area contributed by atoms with E-state index in [1.165, 1.54) is 11.3 Å². The molecule has 1 amide bonds. The highest BCUT2D eigenvalue weighted by atomic mass is 32.1. The molecule has 0 radical (unpaired) electrons. The van der Waals surface area contributed by atoms with E-state index < -0.39 is 0 Å². The first kappa shape index (κ1) is 21.0. The molecule has 2 aromatic heterocycles. The molecular formula is C22H28N4O2S. The number of amides is 1. The quantitative estimate of drug-likeness (QED) is 0.594. The minimum atomic E-state index is 0.0409. The van der Waals surface area contributed by atoms with E-state index in [1.807, 2.05) is 32.2 Å². The van der Waals surface area contributed by atoms with Gasteiger partial charge in [0.1, 0.15) is 22.7 Å². The third-order valence-electron chi connectivity index (χ3n) is 4.79. The summed E-state index contributed by atoms with van der Waals surface area (Å²) in [6.07, 6.45) is 2.36. The van der Waals surface area contributed by atoms with Gasteiger partial charge in [-0.05, 0) is 36.5 Å². The first-order chi connectivity index (χ1) is 13.9. The summed E-state index contributed by atoms with van der Waals surface area (Å²) < 4.78 is 5.42. The largest absolute Gasteiger partial charge is 0.496 e. The highest BCUT2D eigenvalue weighted by molar-refractivity contribution is 7.20. The Kier molecular flexibility index (Phi) is 6.69. The Balaban J connectivity index is 1.81. The predicted octanol–water partition coefficient (Wildman–Crippen LogP) is 4.39. The summed E-state index contributed by atoms with van der Waals surface area (Å²) in [6.45, 7) is 7.62. The number of para-hydroxylation sites is 1. The van der Waals surface area contributed by atoms with Gasteiger partial charge in [0.05, 0.1) is 17.4 Å². The van der Waals surface area contributed by atoms with E-state index in [0.29, 0.717) is 12.5 Å². The zero-order valence-electron chi connectivity index (χ0n) is 17.7. The second kappa shape index (κ2) is 9.22. The van der Waals surface area contributed by atoms with Gasteiger partial charge in [0.25, 0.3) is 5.91 Å². The molecule has 0 atom stereocenters. The molecule has 6 nitrogen and oxygen atoms in total. The number of carbonyl (C=O) groups excluding carboxylic acids is 1. The Labute approximate surface area is 175 Å². The number of hydrogen-bond acceptors (Lipinski definition) is 6. The van der Waals surface area contributed by atoms with Crippen LogP contribution in [0.3, 0.4) is 0 Å². The van der Waals surface area contributed by atoms with E-state index in [9.17, 15) is 4.79 Å². The minimum absolute atomic E-state index is 0.0409. The predicted molar refractivity (Wildman–Crippen MR) is 119 cm³/mol. The van der Waals surface area contributed by atoms with Gasteiger partial charge in [0, 0.05) is 20.1 Å². The van der Waals surface area contributed by atoms with Gasteiger partial charge >= 0.3 is 0 Å². The van der Waals surface area contributed by atoms with Crippen LogP contribution in [0.4, 0.5) is 5.82 Å². The first-order valence-electron chi connectivity index (χ1n) is 9.77. The van der Waals surface area contributed by atoms with Crippen molar-refractivity contribution in [2.45, 2.75) is 27.2 Å². The van der Waals surface area contributed by atoms with E-state index in [2.05, 4.69) is 35.2 Å². The van der Waals surface area contributed by atoms with Crippen molar-refractivity contribution in [1.82, 2.24) is 14.9 Å². The summed E-state index contributed by atoms with van der Waals surface area (Å²) in [5, 5.41) is 4.35. The smallest absolute Gasteiger partial charge is 0.264 e. The summed E-state index contributed by atoms with van der Waals surface area (Å²) in [6, 6.07) is 8.00. The fraction of sp³-hybridized carbons (Fsp3) is 0.409. The number of rotatable bonds is 8. The van der Waals surface area contributed by atoms with Crippen LogP contribution in [-0.4, -0.2) is 48.0 Å². The molecule has 0 saturated carbocycles. The van der Waals surface area contributed by atoms with Crippen LogP contribution < -0.4 is 10.1 Å². The maximum atomic E-state index is 12.9. The van der Waals surface area contributed by atoms with Gasteiger partial charge in [-0.15, -0.1) is 11.3 Å². The molecule has 7 heteroatoms. The van der Waals surface area contributed by atoms with Crippen molar-refractivity contribution >= 4 is 33.3 Å². The lowest BCUT2D eigenvalue weighted by Crippen LogP contribution is -2.30. The number of anilines is 1. The molecule has 1 N–H and O–H groups in total. The number of benzene rings is 1. The van der Waals surface area contributed by atoms with E-state index in [1.54, 1.807) is 18.3 Å². The number of hydrogen-bond donors (Lipinski definition) is 1. The van der Waals surface area contributed by atoms with Crippen molar-refractivity contribution in [2.24, 2.45) is 5.92 Å². The van der Waals surface area contributed by atoms with E-state index in [-0.39, 0.29) is 5.91 Å². The van der Waals surface area contributed by atoms with Crippen molar-refractivity contribution in [3.63, 3.8) is 0 Å². The SMILES string of the molecule is COc1ccccc1CCNc1ncnc2sc(C(=O)N(C)CC(C)C)c(C)c12. The van der Waals surface area contributed by atoms with Gasteiger partial charge in [0.15, 0.2) is 0 Å². The lowest BCUT2D eigenvalue weighted by Gasteiger charge is -2.18. The molecule has 0 spiro atoms. The number of ether oxygens (including phenoxy) is 1. The van der Waals surface area contributed by atoms with E-state index in [0.717, 1.165) is 50.8 Å². The van der Waals surface area contributed by atoms with Gasteiger partial charge in [0.2, 0.25) is 0 Å². The normalized spacial score (nSPS) is 11.1. The number of methoxy groups -OCH3 is 1. The summed E-state index contributed by atoms with van der Waals surface area (Å²) in [7, 11) is 3.54. The monoisotopic (exact) mass is 412 g/mol. The van der Waals surface area contributed by atoms with E-state index >= 15 is 0 Å². The molecule has 0 saturated heterocycles. The number of aromatic nitrogens is 2. The zero-order chi connectivity index (χ0) is 21.0. The molecule has 3 aromatic rings. The van der Waals surface area contributed by atoms with Gasteiger partial charge in [-0.1, -0.05) is 32.0 Å². The second-order valence-electron chi connectivity index (χ2n) is 7.53. The van der Waals surface area contributed by atoms with Crippen LogP contribution in [0.5, 0.6) is 5.75 Å². The molecule has 0 unspecified atom stereocenters. The van der Waals surface area contributed by atoms with Crippen molar-refractivity contribution in [2.75, 3.05) is 32.6 Å². The molecular weight excluding hydrogens is 384 g/mol. The average Bonchev–Trinajstić information content (AvgIpc) is 3.04. The van der Waals surface area contributed by atoms with Crippen molar-refractivity contribution in [3.05, 3.63) is 46.6 Å². The Morgan fingerprint density at radius 3 is 2.76 bits per heavy atom. The summed E-state index contributed by atoms with van der Waals surface area (Å²) in [5.41, 5.74) is 2.08. The Morgan fingerprint density at radius 2 is 2.03 bits per heavy atom. The van der Waals surface area contributed by atoms with Crippen molar-refractivity contribution in [3.8, 4) is 5.75 Å². The van der Waals surface area contributed by atoms with Gasteiger partial charge in [-0.3, -0.25) is 4.79 Å². The summed E-state index contributed by atoms with van der Waals surface area (Å²) in [4.78, 5) is 25.1. The lowest BCUT2D eigenvalue weighted by atomic mass is 10.1. The number of thiophene rings is 1. The lowest BCUT2D eigenvalue weighted by molar-refractivity contribution is 0.0783. The molecule has 29 heavy (non-hydrogen) atoms. The topological polar surface area (TPSA) is 67.3 Å². The number of aryl methyl sites for hydroxylation is 1. The van der Waals surface area contributed by atoms with Gasteiger partial charge in [-0.25, -0.2) is 9.97 Å². The molecule has 1 aromatic carbocycles. The average molecular weight is 413 g/mol. The summed E-state index contributed by atoms with van der Waals surface area (Å²) in [5.74, 6) is 2.11. The highest BCUT2D eigenvalue weighted by Gasteiger charge is 2.22. The molecule has 0 aliphatic rings. The fourth-order valence-electron chi connectivity index (χ4n) is 3.44. The number of carbonyl (C=O) groups is 1. The van der Waals surface area contributed by atoms with Gasteiger partial charge < -0.3 is 15.0 Å². The van der Waals surface area contributed by atoms with Gasteiger partial charge in [-0.2, -0.15) is 0 Å². The Morgan fingerprint density at radius 1 is 1.28 bits per heavy atom. The van der Waals surface area contributed by atoms with Crippen LogP contribution in [0, 0.1) is 12.8 Å². The third kappa shape index (κ3) is 4.67. The number of nitrogens with one attached hydrogen (secondary N) is 1. The molecule has 3 rings (SSSR count). The van der Waals surface area contributed by atoms with Crippen LogP contribution in [0.25, 0.3) is 10.2 Å². The maximum Gasteiger partial charge on any atom is 0.264 e. The Bertz CT molecular complexity index is 1000. The van der Waals surface area contributed by atoms with Crippen LogP contribution >= 0.6 is 11.3 Å². The molecule has 0 aliphatic heterocycles. The van der Waals surface area contributed by atoms with Crippen molar-refractivity contribution in [1.29, 1.82) is 0 Å². The van der Waals surface area contributed by atoms with Crippen LogP contribution in [0.2, 0.25) is 0 Å². The maximum absolute atomic E-state index is 12.9. The highest BCUT2D eigenvalue weighted by Crippen LogP contribution is 2.34. The Hall–Kier alpha value is -2.67. The second-order valence-corrected chi connectivity index (χ2v) is 8.53. The summed E-state index contributed by atoms with van der Waals surface area (Å²) >= 11 is 1.44. The molecule has 154 valence electrons. The molecule has 2 heterocycles. The first-order valence-corrected chi connectivity index (χ1v) is 10.6. The van der Waals surface area contributed by atoms with Crippen molar-refractivity contribution < 1.29 is 9.53 Å². The minimum Gasteiger partial charge on any atom is -0.496 e. The van der Waals surface area contributed by atoms with Crippen LogP contribution in [-0.2, 0) is 6.42 Å². The fourth-order valence-corrected chi connectivity index (χ4v) is 4.58. The van der Waals surface area contributed by atoms with Crippen LogP contribution in [0.1, 0.15) is 34.6 Å². The van der Waals surface area contributed by atoms with E-state index in [4.69, 9.17) is 4.74 Å². The third-order valence-corrected chi connectivity index (χ3v) is 5.97. The molecule has 0 aliphatic carbocycles.